The number of nitrogens with zero attached hydrogens (tertiary/aromatic N) is 1. The first-order valence-electron chi connectivity index (χ1n) is 6.71. The molecular formula is C16H18N2O3. The number of aliphatic hydroxyl groups excluding tert-OH is 1. The number of rotatable bonds is 5. The van der Waals surface area contributed by atoms with E-state index < -0.39 is 0 Å². The second-order valence-electron chi connectivity index (χ2n) is 4.86. The Morgan fingerprint density at radius 3 is 2.62 bits per heavy atom. The lowest BCUT2D eigenvalue weighted by molar-refractivity contribution is 0.0915. The molecule has 0 aliphatic heterocycles. The lowest BCUT2D eigenvalue weighted by Crippen LogP contribution is -2.39. The van der Waals surface area contributed by atoms with E-state index in [9.17, 15) is 15.0 Å². The van der Waals surface area contributed by atoms with E-state index in [-0.39, 0.29) is 24.3 Å². The highest BCUT2D eigenvalue weighted by molar-refractivity contribution is 5.95. The molecule has 2 aromatic rings. The van der Waals surface area contributed by atoms with Crippen molar-refractivity contribution in [2.45, 2.75) is 19.4 Å². The zero-order valence-corrected chi connectivity index (χ0v) is 11.8. The van der Waals surface area contributed by atoms with Crippen LogP contribution in [0.4, 0.5) is 0 Å². The quantitative estimate of drug-likeness (QED) is 0.776. The average molecular weight is 286 g/mol. The molecule has 3 N–H and O–H groups in total. The summed E-state index contributed by atoms with van der Waals surface area (Å²) in [7, 11) is 0. The first kappa shape index (κ1) is 15.0. The van der Waals surface area contributed by atoms with E-state index in [1.807, 2.05) is 0 Å². The SMILES string of the molecule is Cc1ncccc1C(=O)N[C@H](CO)Cc1ccc(O)cc1. The number of carbonyl (C=O) groups excluding carboxylic acids is 1. The summed E-state index contributed by atoms with van der Waals surface area (Å²) in [4.78, 5) is 16.3. The molecular weight excluding hydrogens is 268 g/mol. The van der Waals surface area contributed by atoms with Crippen LogP contribution in [0.2, 0.25) is 0 Å². The van der Waals surface area contributed by atoms with Gasteiger partial charge in [0.15, 0.2) is 0 Å². The molecule has 1 heterocycles. The highest BCUT2D eigenvalue weighted by Gasteiger charge is 2.15. The fourth-order valence-electron chi connectivity index (χ4n) is 2.07. The Hall–Kier alpha value is -2.40. The van der Waals surface area contributed by atoms with Crippen LogP contribution in [0.15, 0.2) is 42.6 Å². The van der Waals surface area contributed by atoms with Gasteiger partial charge in [-0.2, -0.15) is 0 Å². The van der Waals surface area contributed by atoms with Crippen molar-refractivity contribution >= 4 is 5.91 Å². The Bertz CT molecular complexity index is 611. The molecule has 0 saturated heterocycles. The number of phenolic OH excluding ortho intramolecular Hbond substituents is 1. The molecule has 1 atom stereocenters. The number of phenols is 1. The zero-order valence-electron chi connectivity index (χ0n) is 11.8. The summed E-state index contributed by atoms with van der Waals surface area (Å²) in [6.45, 7) is 1.61. The molecule has 0 fully saturated rings. The number of amides is 1. The van der Waals surface area contributed by atoms with Gasteiger partial charge in [0.25, 0.3) is 5.91 Å². The number of hydrogen-bond donors (Lipinski definition) is 3. The third kappa shape index (κ3) is 4.03. The van der Waals surface area contributed by atoms with Crippen LogP contribution < -0.4 is 5.32 Å². The van der Waals surface area contributed by atoms with Crippen molar-refractivity contribution in [3.05, 3.63) is 59.4 Å². The van der Waals surface area contributed by atoms with E-state index in [2.05, 4.69) is 10.3 Å². The Morgan fingerprint density at radius 2 is 2.00 bits per heavy atom. The largest absolute Gasteiger partial charge is 0.508 e. The standard InChI is InChI=1S/C16H18N2O3/c1-11-15(3-2-8-17-11)16(21)18-13(10-19)9-12-4-6-14(20)7-5-12/h2-8,13,19-20H,9-10H2,1H3,(H,18,21)/t13-/m0/s1. The van der Waals surface area contributed by atoms with Gasteiger partial charge in [0, 0.05) is 11.9 Å². The maximum absolute atomic E-state index is 12.2. The number of aromatic hydroxyl groups is 1. The van der Waals surface area contributed by atoms with Gasteiger partial charge in [0.2, 0.25) is 0 Å². The molecule has 0 bridgehead atoms. The molecule has 5 nitrogen and oxygen atoms in total. The van der Waals surface area contributed by atoms with Crippen molar-refractivity contribution in [1.29, 1.82) is 0 Å². The van der Waals surface area contributed by atoms with Gasteiger partial charge in [-0.15, -0.1) is 0 Å². The van der Waals surface area contributed by atoms with Crippen LogP contribution in [0.5, 0.6) is 5.75 Å². The van der Waals surface area contributed by atoms with Crippen molar-refractivity contribution < 1.29 is 15.0 Å². The van der Waals surface area contributed by atoms with Crippen molar-refractivity contribution in [2.75, 3.05) is 6.61 Å². The molecule has 1 aromatic carbocycles. The van der Waals surface area contributed by atoms with E-state index in [0.717, 1.165) is 5.56 Å². The van der Waals surface area contributed by atoms with Gasteiger partial charge in [0.05, 0.1) is 18.2 Å². The molecule has 5 heteroatoms. The number of aliphatic hydroxyl groups is 1. The number of carbonyl (C=O) groups is 1. The Morgan fingerprint density at radius 1 is 1.29 bits per heavy atom. The van der Waals surface area contributed by atoms with E-state index in [1.54, 1.807) is 49.5 Å². The summed E-state index contributed by atoms with van der Waals surface area (Å²) >= 11 is 0. The summed E-state index contributed by atoms with van der Waals surface area (Å²) in [6, 6.07) is 9.71. The van der Waals surface area contributed by atoms with Crippen molar-refractivity contribution in [3.63, 3.8) is 0 Å². The van der Waals surface area contributed by atoms with Crippen LogP contribution in [-0.4, -0.2) is 33.8 Å². The number of hydrogen-bond acceptors (Lipinski definition) is 4. The van der Waals surface area contributed by atoms with E-state index >= 15 is 0 Å². The van der Waals surface area contributed by atoms with Crippen LogP contribution in [0, 0.1) is 6.92 Å². The number of benzene rings is 1. The third-order valence-corrected chi connectivity index (χ3v) is 3.23. The van der Waals surface area contributed by atoms with Gasteiger partial charge in [-0.3, -0.25) is 9.78 Å². The lowest BCUT2D eigenvalue weighted by atomic mass is 10.1. The summed E-state index contributed by atoms with van der Waals surface area (Å²) < 4.78 is 0. The van der Waals surface area contributed by atoms with Crippen LogP contribution in [-0.2, 0) is 6.42 Å². The second-order valence-corrected chi connectivity index (χ2v) is 4.86. The Labute approximate surface area is 123 Å². The minimum atomic E-state index is -0.387. The van der Waals surface area contributed by atoms with Crippen molar-refractivity contribution in [1.82, 2.24) is 10.3 Å². The maximum atomic E-state index is 12.2. The first-order valence-corrected chi connectivity index (χ1v) is 6.71. The summed E-state index contributed by atoms with van der Waals surface area (Å²) in [6.07, 6.45) is 2.12. The average Bonchev–Trinajstić information content (AvgIpc) is 2.49. The fraction of sp³-hybridized carbons (Fsp3) is 0.250. The van der Waals surface area contributed by atoms with Crippen LogP contribution in [0.1, 0.15) is 21.6 Å². The molecule has 0 unspecified atom stereocenters. The van der Waals surface area contributed by atoms with Gasteiger partial charge in [0.1, 0.15) is 5.75 Å². The minimum absolute atomic E-state index is 0.161. The topological polar surface area (TPSA) is 82.5 Å². The molecule has 2 rings (SSSR count). The molecule has 0 radical (unpaired) electrons. The number of pyridine rings is 1. The second kappa shape index (κ2) is 6.85. The Balaban J connectivity index is 2.04. The minimum Gasteiger partial charge on any atom is -0.508 e. The van der Waals surface area contributed by atoms with Crippen LogP contribution >= 0.6 is 0 Å². The van der Waals surface area contributed by atoms with E-state index in [1.165, 1.54) is 0 Å². The molecule has 0 aliphatic rings. The molecule has 0 spiro atoms. The summed E-state index contributed by atoms with van der Waals surface area (Å²) in [5, 5.41) is 21.5. The summed E-state index contributed by atoms with van der Waals surface area (Å²) in [5.41, 5.74) is 2.08. The zero-order chi connectivity index (χ0) is 15.2. The smallest absolute Gasteiger partial charge is 0.253 e. The highest BCUT2D eigenvalue weighted by Crippen LogP contribution is 2.12. The van der Waals surface area contributed by atoms with Crippen LogP contribution in [0.25, 0.3) is 0 Å². The molecule has 110 valence electrons. The fourth-order valence-corrected chi connectivity index (χ4v) is 2.07. The molecule has 0 aliphatic carbocycles. The van der Waals surface area contributed by atoms with Gasteiger partial charge in [-0.05, 0) is 43.2 Å². The van der Waals surface area contributed by atoms with Crippen molar-refractivity contribution in [3.8, 4) is 5.75 Å². The lowest BCUT2D eigenvalue weighted by Gasteiger charge is -2.17. The van der Waals surface area contributed by atoms with Gasteiger partial charge in [-0.25, -0.2) is 0 Å². The van der Waals surface area contributed by atoms with Crippen molar-refractivity contribution in [2.24, 2.45) is 0 Å². The maximum Gasteiger partial charge on any atom is 0.253 e. The van der Waals surface area contributed by atoms with E-state index in [4.69, 9.17) is 0 Å². The normalized spacial score (nSPS) is 11.9. The number of aromatic nitrogens is 1. The van der Waals surface area contributed by atoms with Gasteiger partial charge in [-0.1, -0.05) is 12.1 Å². The number of aryl methyl sites for hydroxylation is 1. The van der Waals surface area contributed by atoms with Crippen LogP contribution in [0.3, 0.4) is 0 Å². The van der Waals surface area contributed by atoms with Gasteiger partial charge >= 0.3 is 0 Å². The van der Waals surface area contributed by atoms with Gasteiger partial charge < -0.3 is 15.5 Å². The molecule has 21 heavy (non-hydrogen) atoms. The predicted octanol–water partition coefficient (Wildman–Crippen LogP) is 1.43. The van der Waals surface area contributed by atoms with E-state index in [0.29, 0.717) is 17.7 Å². The first-order chi connectivity index (χ1) is 10.1. The number of nitrogens with one attached hydrogen (secondary N) is 1. The molecule has 1 aromatic heterocycles. The molecule has 1 amide bonds. The molecule has 0 saturated carbocycles. The third-order valence-electron chi connectivity index (χ3n) is 3.23. The summed E-state index contributed by atoms with van der Waals surface area (Å²) in [5.74, 6) is -0.0623. The predicted molar refractivity (Wildman–Crippen MR) is 79.1 cm³/mol. The Kier molecular flexibility index (Phi) is 4.90. The highest BCUT2D eigenvalue weighted by atomic mass is 16.3. The monoisotopic (exact) mass is 286 g/mol.